The van der Waals surface area contributed by atoms with E-state index in [1.165, 1.54) is 16.0 Å². The van der Waals surface area contributed by atoms with Gasteiger partial charge < -0.3 is 19.2 Å². The average molecular weight is 429 g/mol. The molecule has 1 amide bonds. The van der Waals surface area contributed by atoms with Crippen molar-refractivity contribution >= 4 is 17.2 Å². The Bertz CT molecular complexity index is 1070. The molecule has 3 heterocycles. The van der Waals surface area contributed by atoms with Crippen molar-refractivity contribution in [1.82, 2.24) is 15.1 Å². The highest BCUT2D eigenvalue weighted by atomic mass is 32.1. The van der Waals surface area contributed by atoms with Crippen LogP contribution in [-0.2, 0) is 11.3 Å². The highest BCUT2D eigenvalue weighted by molar-refractivity contribution is 7.13. The summed E-state index contributed by atoms with van der Waals surface area (Å²) in [4.78, 5) is 25.4. The standard InChI is InChI=1S/C21H23N3O5S/c1-13(2)19(14-5-6-15-16(12-14)28-10-9-27-15)22-18(25)7-8-24-21(26)29-20(23-24)17-4-3-11-30-17/h3-6,11-13,19H,7-10H2,1-2H3,(H,22,25). The van der Waals surface area contributed by atoms with Gasteiger partial charge in [0.1, 0.15) is 13.2 Å². The van der Waals surface area contributed by atoms with Gasteiger partial charge in [-0.15, -0.1) is 16.4 Å². The second kappa shape index (κ2) is 8.74. The number of hydrogen-bond donors (Lipinski definition) is 1. The Labute approximate surface area is 177 Å². The van der Waals surface area contributed by atoms with Crippen LogP contribution in [-0.4, -0.2) is 28.9 Å². The van der Waals surface area contributed by atoms with Crippen LogP contribution >= 0.6 is 11.3 Å². The Kier molecular flexibility index (Phi) is 5.89. The maximum absolute atomic E-state index is 12.6. The molecule has 158 valence electrons. The third-order valence-corrected chi connectivity index (χ3v) is 5.66. The normalized spacial score (nSPS) is 14.0. The summed E-state index contributed by atoms with van der Waals surface area (Å²) in [6, 6.07) is 9.21. The number of aromatic nitrogens is 2. The molecule has 1 aromatic carbocycles. The summed E-state index contributed by atoms with van der Waals surface area (Å²) in [6.07, 6.45) is 0.115. The number of fused-ring (bicyclic) bond motifs is 1. The third-order valence-electron chi connectivity index (χ3n) is 4.80. The molecule has 8 nitrogen and oxygen atoms in total. The fourth-order valence-corrected chi connectivity index (χ4v) is 3.93. The highest BCUT2D eigenvalue weighted by Gasteiger charge is 2.22. The number of hydrogen-bond acceptors (Lipinski definition) is 7. The average Bonchev–Trinajstić information content (AvgIpc) is 3.40. The number of nitrogens with one attached hydrogen (secondary N) is 1. The van der Waals surface area contributed by atoms with E-state index in [9.17, 15) is 9.59 Å². The summed E-state index contributed by atoms with van der Waals surface area (Å²) in [5.41, 5.74) is 0.946. The zero-order valence-corrected chi connectivity index (χ0v) is 17.6. The predicted octanol–water partition coefficient (Wildman–Crippen LogP) is 3.24. The number of thiophene rings is 1. The molecule has 1 aliphatic heterocycles. The molecule has 30 heavy (non-hydrogen) atoms. The summed E-state index contributed by atoms with van der Waals surface area (Å²) >= 11 is 1.43. The van der Waals surface area contributed by atoms with Crippen LogP contribution in [0.4, 0.5) is 0 Å². The second-order valence-corrected chi connectivity index (χ2v) is 8.26. The molecule has 0 saturated carbocycles. The van der Waals surface area contributed by atoms with E-state index in [4.69, 9.17) is 13.9 Å². The molecular weight excluding hydrogens is 406 g/mol. The van der Waals surface area contributed by atoms with Gasteiger partial charge in [0.25, 0.3) is 5.89 Å². The summed E-state index contributed by atoms with van der Waals surface area (Å²) in [5, 5.41) is 9.12. The lowest BCUT2D eigenvalue weighted by molar-refractivity contribution is -0.122. The zero-order chi connectivity index (χ0) is 21.1. The van der Waals surface area contributed by atoms with Crippen LogP contribution in [0.5, 0.6) is 11.5 Å². The van der Waals surface area contributed by atoms with Crippen molar-refractivity contribution in [3.8, 4) is 22.3 Å². The van der Waals surface area contributed by atoms with E-state index >= 15 is 0 Å². The van der Waals surface area contributed by atoms with Gasteiger partial charge in [0.2, 0.25) is 5.91 Å². The smallest absolute Gasteiger partial charge is 0.437 e. The van der Waals surface area contributed by atoms with Crippen LogP contribution in [0.1, 0.15) is 31.9 Å². The summed E-state index contributed by atoms with van der Waals surface area (Å²) in [7, 11) is 0. The number of carbonyl (C=O) groups excluding carboxylic acids is 1. The maximum atomic E-state index is 12.6. The predicted molar refractivity (Wildman–Crippen MR) is 112 cm³/mol. The number of nitrogens with zero attached hydrogens (tertiary/aromatic N) is 2. The monoisotopic (exact) mass is 429 g/mol. The van der Waals surface area contributed by atoms with Gasteiger partial charge in [-0.2, -0.15) is 4.68 Å². The van der Waals surface area contributed by atoms with E-state index in [-0.39, 0.29) is 36.7 Å². The van der Waals surface area contributed by atoms with E-state index in [1.807, 2.05) is 49.6 Å². The number of aryl methyl sites for hydroxylation is 1. The molecule has 0 saturated heterocycles. The molecular formula is C21H23N3O5S. The number of benzene rings is 1. The molecule has 0 aliphatic carbocycles. The quantitative estimate of drug-likeness (QED) is 0.620. The minimum absolute atomic E-state index is 0.115. The Morgan fingerprint density at radius 2 is 2.03 bits per heavy atom. The fraction of sp³-hybridized carbons (Fsp3) is 0.381. The lowest BCUT2D eigenvalue weighted by Crippen LogP contribution is -2.33. The molecule has 9 heteroatoms. The molecule has 1 atom stereocenters. The largest absolute Gasteiger partial charge is 0.486 e. The number of rotatable bonds is 7. The first-order valence-electron chi connectivity index (χ1n) is 9.82. The summed E-state index contributed by atoms with van der Waals surface area (Å²) in [5.74, 6) is 1.10. The molecule has 0 radical (unpaired) electrons. The number of amides is 1. The summed E-state index contributed by atoms with van der Waals surface area (Å²) < 4.78 is 17.6. The van der Waals surface area contributed by atoms with E-state index in [2.05, 4.69) is 10.4 Å². The van der Waals surface area contributed by atoms with Crippen molar-refractivity contribution in [2.24, 2.45) is 5.92 Å². The topological polar surface area (TPSA) is 95.6 Å². The van der Waals surface area contributed by atoms with Crippen LogP contribution in [0.25, 0.3) is 10.8 Å². The van der Waals surface area contributed by atoms with Crippen LogP contribution in [0.15, 0.2) is 44.9 Å². The Balaban J connectivity index is 1.41. The van der Waals surface area contributed by atoms with E-state index in [0.29, 0.717) is 24.7 Å². The van der Waals surface area contributed by atoms with Crippen molar-refractivity contribution in [3.05, 3.63) is 51.8 Å². The molecule has 0 fully saturated rings. The molecule has 4 rings (SSSR count). The van der Waals surface area contributed by atoms with E-state index in [0.717, 1.165) is 10.4 Å². The van der Waals surface area contributed by atoms with Gasteiger partial charge in [0.15, 0.2) is 11.5 Å². The minimum Gasteiger partial charge on any atom is -0.486 e. The molecule has 1 N–H and O–H groups in total. The first-order chi connectivity index (χ1) is 14.5. The maximum Gasteiger partial charge on any atom is 0.437 e. The van der Waals surface area contributed by atoms with Gasteiger partial charge in [-0.3, -0.25) is 4.79 Å². The van der Waals surface area contributed by atoms with Gasteiger partial charge >= 0.3 is 5.76 Å². The van der Waals surface area contributed by atoms with Gasteiger partial charge in [-0.25, -0.2) is 4.79 Å². The van der Waals surface area contributed by atoms with Gasteiger partial charge in [-0.1, -0.05) is 26.0 Å². The molecule has 0 bridgehead atoms. The van der Waals surface area contributed by atoms with E-state index < -0.39 is 5.76 Å². The van der Waals surface area contributed by atoms with Crippen molar-refractivity contribution in [2.45, 2.75) is 32.9 Å². The van der Waals surface area contributed by atoms with Crippen LogP contribution in [0, 0.1) is 5.92 Å². The van der Waals surface area contributed by atoms with Crippen LogP contribution < -0.4 is 20.5 Å². The van der Waals surface area contributed by atoms with Crippen molar-refractivity contribution in [3.63, 3.8) is 0 Å². The molecule has 2 aromatic heterocycles. The lowest BCUT2D eigenvalue weighted by atomic mass is 9.95. The third kappa shape index (κ3) is 4.40. The Hall–Kier alpha value is -3.07. The number of ether oxygens (including phenoxy) is 2. The summed E-state index contributed by atoms with van der Waals surface area (Å²) in [6.45, 7) is 5.27. The first-order valence-corrected chi connectivity index (χ1v) is 10.7. The number of carbonyl (C=O) groups is 1. The fourth-order valence-electron chi connectivity index (χ4n) is 3.29. The minimum atomic E-state index is -0.571. The van der Waals surface area contributed by atoms with Crippen molar-refractivity contribution in [2.75, 3.05) is 13.2 Å². The SMILES string of the molecule is CC(C)C(NC(=O)CCn1nc(-c2cccs2)oc1=O)c1ccc2c(c1)OCCO2. The van der Waals surface area contributed by atoms with Gasteiger partial charge in [0, 0.05) is 6.42 Å². The van der Waals surface area contributed by atoms with Gasteiger partial charge in [-0.05, 0) is 35.1 Å². The Morgan fingerprint density at radius 3 is 2.77 bits per heavy atom. The molecule has 1 unspecified atom stereocenters. The van der Waals surface area contributed by atoms with Crippen LogP contribution in [0.2, 0.25) is 0 Å². The Morgan fingerprint density at radius 1 is 1.23 bits per heavy atom. The molecule has 1 aliphatic rings. The van der Waals surface area contributed by atoms with Crippen molar-refractivity contribution in [1.29, 1.82) is 0 Å². The van der Waals surface area contributed by atoms with E-state index in [1.54, 1.807) is 0 Å². The van der Waals surface area contributed by atoms with Gasteiger partial charge in [0.05, 0.1) is 17.5 Å². The molecule has 0 spiro atoms. The highest BCUT2D eigenvalue weighted by Crippen LogP contribution is 2.34. The van der Waals surface area contributed by atoms with Crippen molar-refractivity contribution < 1.29 is 18.7 Å². The molecule has 3 aromatic rings. The van der Waals surface area contributed by atoms with Crippen LogP contribution in [0.3, 0.4) is 0 Å². The zero-order valence-electron chi connectivity index (χ0n) is 16.8. The first kappa shape index (κ1) is 20.2. The second-order valence-electron chi connectivity index (χ2n) is 7.32. The lowest BCUT2D eigenvalue weighted by Gasteiger charge is -2.25.